The fraction of sp³-hybridized carbons (Fsp3) is 0.529. The molecule has 2 aromatic rings. The van der Waals surface area contributed by atoms with Crippen LogP contribution < -0.4 is 4.74 Å². The SMILES string of the molecule is CCCCC1CCC(c2ccc(C#CC=CC3CCC(c4ccc(OCC)cc4)CC3)cc2)CC1. The quantitative estimate of drug-likeness (QED) is 0.351. The Labute approximate surface area is 214 Å². The van der Waals surface area contributed by atoms with Crippen molar-refractivity contribution in [3.63, 3.8) is 0 Å². The standard InChI is InChI=1S/C34H44O/c1-3-5-8-27-11-17-30(18-12-27)31-19-13-28(14-20-31)9-6-7-10-29-15-21-32(22-16-29)33-23-25-34(26-24-33)35-4-2/h7,10,13-14,19-20,23-27,29-30,32H,3-5,8,11-12,15-18,21-22H2,1-2H3. The third kappa shape index (κ3) is 7.76. The molecule has 0 atom stereocenters. The summed E-state index contributed by atoms with van der Waals surface area (Å²) in [6.45, 7) is 5.07. The number of hydrogen-bond donors (Lipinski definition) is 0. The molecule has 4 rings (SSSR count). The van der Waals surface area contributed by atoms with Gasteiger partial charge in [0, 0.05) is 5.56 Å². The molecule has 1 heteroatoms. The van der Waals surface area contributed by atoms with Gasteiger partial charge in [-0.15, -0.1) is 0 Å². The van der Waals surface area contributed by atoms with Gasteiger partial charge in [-0.05, 0) is 123 Å². The average molecular weight is 469 g/mol. The Balaban J connectivity index is 1.20. The molecule has 2 aliphatic rings. The van der Waals surface area contributed by atoms with E-state index in [1.807, 2.05) is 6.92 Å². The maximum absolute atomic E-state index is 5.58. The fourth-order valence-corrected chi connectivity index (χ4v) is 6.07. The van der Waals surface area contributed by atoms with Crippen LogP contribution in [-0.2, 0) is 0 Å². The van der Waals surface area contributed by atoms with Gasteiger partial charge in [0.1, 0.15) is 5.75 Å². The first-order chi connectivity index (χ1) is 17.2. The maximum Gasteiger partial charge on any atom is 0.119 e. The molecule has 0 N–H and O–H groups in total. The molecule has 0 saturated heterocycles. The zero-order valence-corrected chi connectivity index (χ0v) is 22.0. The minimum Gasteiger partial charge on any atom is -0.494 e. The largest absolute Gasteiger partial charge is 0.494 e. The second-order valence-electron chi connectivity index (χ2n) is 10.7. The summed E-state index contributed by atoms with van der Waals surface area (Å²) >= 11 is 0. The van der Waals surface area contributed by atoms with Crippen molar-refractivity contribution in [2.75, 3.05) is 6.61 Å². The van der Waals surface area contributed by atoms with E-state index in [1.165, 1.54) is 81.8 Å². The predicted octanol–water partition coefficient (Wildman–Crippen LogP) is 9.43. The predicted molar refractivity (Wildman–Crippen MR) is 149 cm³/mol. The average Bonchev–Trinajstić information content (AvgIpc) is 2.92. The van der Waals surface area contributed by atoms with E-state index in [4.69, 9.17) is 4.74 Å². The summed E-state index contributed by atoms with van der Waals surface area (Å²) in [6, 6.07) is 17.8. The van der Waals surface area contributed by atoms with Crippen molar-refractivity contribution >= 4 is 0 Å². The van der Waals surface area contributed by atoms with Gasteiger partial charge >= 0.3 is 0 Å². The topological polar surface area (TPSA) is 9.23 Å². The molecule has 0 unspecified atom stereocenters. The molecule has 0 amide bonds. The highest BCUT2D eigenvalue weighted by Crippen LogP contribution is 2.38. The lowest BCUT2D eigenvalue weighted by Crippen LogP contribution is -2.13. The molecule has 1 nitrogen and oxygen atoms in total. The zero-order valence-electron chi connectivity index (χ0n) is 22.0. The van der Waals surface area contributed by atoms with Crippen molar-refractivity contribution in [1.29, 1.82) is 0 Å². The van der Waals surface area contributed by atoms with E-state index in [0.29, 0.717) is 11.8 Å². The van der Waals surface area contributed by atoms with Crippen LogP contribution in [0.3, 0.4) is 0 Å². The third-order valence-electron chi connectivity index (χ3n) is 8.30. The molecule has 0 radical (unpaired) electrons. The Hall–Kier alpha value is -2.46. The second kappa shape index (κ2) is 13.6. The lowest BCUT2D eigenvalue weighted by Gasteiger charge is -2.28. The van der Waals surface area contributed by atoms with Crippen molar-refractivity contribution in [2.45, 2.75) is 96.3 Å². The van der Waals surface area contributed by atoms with Crippen LogP contribution >= 0.6 is 0 Å². The molecular formula is C34H44O. The highest BCUT2D eigenvalue weighted by Gasteiger charge is 2.22. The molecule has 0 aliphatic heterocycles. The number of rotatable bonds is 8. The van der Waals surface area contributed by atoms with E-state index in [2.05, 4.69) is 79.4 Å². The van der Waals surface area contributed by atoms with Gasteiger partial charge in [0.25, 0.3) is 0 Å². The molecule has 2 aliphatic carbocycles. The van der Waals surface area contributed by atoms with Crippen molar-refractivity contribution < 1.29 is 4.74 Å². The van der Waals surface area contributed by atoms with Crippen LogP contribution in [0, 0.1) is 23.7 Å². The van der Waals surface area contributed by atoms with Gasteiger partial charge in [-0.1, -0.05) is 68.4 Å². The summed E-state index contributed by atoms with van der Waals surface area (Å²) in [5, 5.41) is 0. The van der Waals surface area contributed by atoms with E-state index in [1.54, 1.807) is 0 Å². The van der Waals surface area contributed by atoms with E-state index in [9.17, 15) is 0 Å². The third-order valence-corrected chi connectivity index (χ3v) is 8.30. The summed E-state index contributed by atoms with van der Waals surface area (Å²) in [7, 11) is 0. The Morgan fingerprint density at radius 3 is 1.97 bits per heavy atom. The van der Waals surface area contributed by atoms with Crippen molar-refractivity contribution in [2.24, 2.45) is 11.8 Å². The number of benzene rings is 2. The van der Waals surface area contributed by atoms with Crippen molar-refractivity contribution in [3.8, 4) is 17.6 Å². The van der Waals surface area contributed by atoms with Crippen LogP contribution in [-0.4, -0.2) is 6.61 Å². The van der Waals surface area contributed by atoms with E-state index < -0.39 is 0 Å². The second-order valence-corrected chi connectivity index (χ2v) is 10.7. The molecule has 0 spiro atoms. The number of allylic oxidation sites excluding steroid dienone is 2. The van der Waals surface area contributed by atoms with Crippen LogP contribution in [0.1, 0.15) is 113 Å². The Kier molecular flexibility index (Phi) is 9.94. The van der Waals surface area contributed by atoms with Gasteiger partial charge in [0.15, 0.2) is 0 Å². The molecule has 0 aromatic heterocycles. The van der Waals surface area contributed by atoms with Crippen LogP contribution in [0.4, 0.5) is 0 Å². The van der Waals surface area contributed by atoms with Crippen molar-refractivity contribution in [3.05, 3.63) is 77.4 Å². The summed E-state index contributed by atoms with van der Waals surface area (Å²) in [4.78, 5) is 0. The minimum atomic E-state index is 0.665. The normalized spacial score (nSPS) is 24.6. The van der Waals surface area contributed by atoms with Crippen LogP contribution in [0.25, 0.3) is 0 Å². The fourth-order valence-electron chi connectivity index (χ4n) is 6.07. The Bertz CT molecular complexity index is 956. The highest BCUT2D eigenvalue weighted by atomic mass is 16.5. The molecule has 35 heavy (non-hydrogen) atoms. The maximum atomic E-state index is 5.58. The van der Waals surface area contributed by atoms with E-state index in [0.717, 1.165) is 29.8 Å². The summed E-state index contributed by atoms with van der Waals surface area (Å²) < 4.78 is 5.58. The first-order valence-corrected chi connectivity index (χ1v) is 14.3. The molecular weight excluding hydrogens is 424 g/mol. The lowest BCUT2D eigenvalue weighted by molar-refractivity contribution is 0.304. The zero-order chi connectivity index (χ0) is 24.3. The Morgan fingerprint density at radius 1 is 0.771 bits per heavy atom. The first-order valence-electron chi connectivity index (χ1n) is 14.3. The summed E-state index contributed by atoms with van der Waals surface area (Å²) in [5.41, 5.74) is 4.11. The first kappa shape index (κ1) is 25.6. The molecule has 186 valence electrons. The van der Waals surface area contributed by atoms with Crippen LogP contribution in [0.15, 0.2) is 60.7 Å². The smallest absolute Gasteiger partial charge is 0.119 e. The van der Waals surface area contributed by atoms with Gasteiger partial charge in [-0.25, -0.2) is 0 Å². The van der Waals surface area contributed by atoms with Gasteiger partial charge in [0.05, 0.1) is 6.61 Å². The molecule has 2 saturated carbocycles. The molecule has 0 bridgehead atoms. The summed E-state index contributed by atoms with van der Waals surface area (Å²) in [6.07, 6.45) is 19.2. The van der Waals surface area contributed by atoms with Crippen LogP contribution in [0.5, 0.6) is 5.75 Å². The van der Waals surface area contributed by atoms with Crippen LogP contribution in [0.2, 0.25) is 0 Å². The molecule has 2 fully saturated rings. The van der Waals surface area contributed by atoms with E-state index in [-0.39, 0.29) is 0 Å². The van der Waals surface area contributed by atoms with E-state index >= 15 is 0 Å². The van der Waals surface area contributed by atoms with Gasteiger partial charge in [-0.3, -0.25) is 0 Å². The van der Waals surface area contributed by atoms with Gasteiger partial charge in [-0.2, -0.15) is 0 Å². The minimum absolute atomic E-state index is 0.665. The molecule has 0 heterocycles. The Morgan fingerprint density at radius 2 is 1.37 bits per heavy atom. The highest BCUT2D eigenvalue weighted by molar-refractivity contribution is 5.39. The van der Waals surface area contributed by atoms with Gasteiger partial charge < -0.3 is 4.74 Å². The lowest BCUT2D eigenvalue weighted by atomic mass is 9.77. The monoisotopic (exact) mass is 468 g/mol. The molecule has 2 aromatic carbocycles. The number of hydrogen-bond acceptors (Lipinski definition) is 1. The summed E-state index contributed by atoms with van der Waals surface area (Å²) in [5.74, 6) is 10.7. The van der Waals surface area contributed by atoms with Gasteiger partial charge in [0.2, 0.25) is 0 Å². The van der Waals surface area contributed by atoms with Crippen molar-refractivity contribution in [1.82, 2.24) is 0 Å². The number of unbranched alkanes of at least 4 members (excludes halogenated alkanes) is 1. The number of ether oxygens (including phenoxy) is 1.